The van der Waals surface area contributed by atoms with Crippen LogP contribution in [0, 0.1) is 5.92 Å². The van der Waals surface area contributed by atoms with Gasteiger partial charge in [0.1, 0.15) is 22.6 Å². The maximum absolute atomic E-state index is 13.5. The molecule has 0 aliphatic carbocycles. The lowest BCUT2D eigenvalue weighted by molar-refractivity contribution is -0.121. The second-order valence-electron chi connectivity index (χ2n) is 11.7. The van der Waals surface area contributed by atoms with Crippen molar-refractivity contribution in [3.05, 3.63) is 114 Å². The molecule has 42 heavy (non-hydrogen) atoms. The third-order valence-corrected chi connectivity index (χ3v) is 7.64. The Morgan fingerprint density at radius 2 is 1.29 bits per heavy atom. The van der Waals surface area contributed by atoms with Crippen molar-refractivity contribution >= 4 is 23.5 Å². The lowest BCUT2D eigenvalue weighted by Gasteiger charge is -2.38. The molecule has 4 aromatic rings. The zero-order chi connectivity index (χ0) is 29.7. The number of nitrogens with zero attached hydrogens (tertiary/aromatic N) is 3. The quantitative estimate of drug-likeness (QED) is 0.253. The van der Waals surface area contributed by atoms with Gasteiger partial charge in [0.05, 0.1) is 6.20 Å². The van der Waals surface area contributed by atoms with Crippen LogP contribution in [0.2, 0.25) is 0 Å². The van der Waals surface area contributed by atoms with Crippen LogP contribution in [0.1, 0.15) is 50.3 Å². The summed E-state index contributed by atoms with van der Waals surface area (Å²) in [5, 5.41) is 11.5. The van der Waals surface area contributed by atoms with Crippen molar-refractivity contribution in [2.75, 3.05) is 23.7 Å². The smallest absolute Gasteiger partial charge is 0.410 e. The predicted octanol–water partition coefficient (Wildman–Crippen LogP) is 6.41. The van der Waals surface area contributed by atoms with Crippen molar-refractivity contribution in [3.63, 3.8) is 0 Å². The van der Waals surface area contributed by atoms with Crippen LogP contribution in [-0.2, 0) is 22.1 Å². The monoisotopic (exact) mass is 565 g/mol. The summed E-state index contributed by atoms with van der Waals surface area (Å²) in [5.41, 5.74) is 2.43. The Morgan fingerprint density at radius 3 is 1.74 bits per heavy atom. The summed E-state index contributed by atoms with van der Waals surface area (Å²) in [7, 11) is 1.86. The highest BCUT2D eigenvalue weighted by Gasteiger charge is 2.38. The molecule has 1 aliphatic rings. The van der Waals surface area contributed by atoms with Crippen LogP contribution in [0.15, 0.2) is 97.2 Å². The number of aryl methyl sites for hydroxylation is 1. The van der Waals surface area contributed by atoms with Crippen LogP contribution < -0.4 is 10.6 Å². The molecule has 0 bridgehead atoms. The van der Waals surface area contributed by atoms with Gasteiger partial charge in [-0.05, 0) is 50.3 Å². The van der Waals surface area contributed by atoms with Gasteiger partial charge in [-0.3, -0.25) is 9.48 Å². The number of aromatic nitrogens is 2. The van der Waals surface area contributed by atoms with E-state index in [2.05, 4.69) is 52.1 Å². The fraction of sp³-hybridized carbons (Fsp3) is 0.324. The van der Waals surface area contributed by atoms with Crippen molar-refractivity contribution in [1.29, 1.82) is 0 Å². The van der Waals surface area contributed by atoms with Crippen LogP contribution in [0.3, 0.4) is 0 Å². The number of piperidine rings is 1. The second kappa shape index (κ2) is 12.1. The molecule has 2 N–H and O–H groups in total. The van der Waals surface area contributed by atoms with E-state index >= 15 is 0 Å². The minimum Gasteiger partial charge on any atom is -0.444 e. The number of nitrogens with one attached hydrogen (secondary N) is 2. The predicted molar refractivity (Wildman–Crippen MR) is 165 cm³/mol. The van der Waals surface area contributed by atoms with E-state index < -0.39 is 11.1 Å². The van der Waals surface area contributed by atoms with Gasteiger partial charge in [-0.1, -0.05) is 91.0 Å². The van der Waals surface area contributed by atoms with E-state index in [1.165, 1.54) is 0 Å². The van der Waals surface area contributed by atoms with Crippen molar-refractivity contribution in [3.8, 4) is 0 Å². The normalized spacial score (nSPS) is 14.3. The zero-order valence-corrected chi connectivity index (χ0v) is 24.7. The number of hydrogen-bond acceptors (Lipinski definition) is 5. The Bertz CT molecular complexity index is 1390. The van der Waals surface area contributed by atoms with Gasteiger partial charge in [-0.2, -0.15) is 5.10 Å². The van der Waals surface area contributed by atoms with Gasteiger partial charge in [0, 0.05) is 26.1 Å². The first kappa shape index (κ1) is 28.9. The number of carbonyl (C=O) groups is 2. The van der Waals surface area contributed by atoms with E-state index in [9.17, 15) is 9.59 Å². The Kier molecular flexibility index (Phi) is 8.34. The van der Waals surface area contributed by atoms with Crippen LogP contribution in [0.25, 0.3) is 0 Å². The van der Waals surface area contributed by atoms with Gasteiger partial charge < -0.3 is 20.3 Å². The molecule has 1 fully saturated rings. The molecule has 8 heteroatoms. The molecular formula is C34H39N5O3. The summed E-state index contributed by atoms with van der Waals surface area (Å²) in [6.45, 7) is 6.51. The maximum Gasteiger partial charge on any atom is 0.410 e. The van der Waals surface area contributed by atoms with E-state index in [-0.39, 0.29) is 17.9 Å². The Labute approximate surface area is 247 Å². The first-order chi connectivity index (χ1) is 20.2. The molecule has 5 rings (SSSR count). The van der Waals surface area contributed by atoms with Gasteiger partial charge >= 0.3 is 6.09 Å². The van der Waals surface area contributed by atoms with Gasteiger partial charge in [0.2, 0.25) is 5.91 Å². The van der Waals surface area contributed by atoms with Crippen LogP contribution in [0.4, 0.5) is 16.3 Å². The molecule has 0 saturated carbocycles. The zero-order valence-electron chi connectivity index (χ0n) is 24.7. The molecule has 218 valence electrons. The highest BCUT2D eigenvalue weighted by molar-refractivity contribution is 5.95. The Balaban J connectivity index is 1.43. The number of likely N-dealkylation sites (tertiary alicyclic amines) is 1. The average Bonchev–Trinajstić information content (AvgIpc) is 3.34. The summed E-state index contributed by atoms with van der Waals surface area (Å²) in [5.74, 6) is 0.379. The number of ether oxygens (including phenoxy) is 1. The van der Waals surface area contributed by atoms with Gasteiger partial charge in [0.15, 0.2) is 0 Å². The van der Waals surface area contributed by atoms with Gasteiger partial charge in [0.25, 0.3) is 0 Å². The topological polar surface area (TPSA) is 88.5 Å². The van der Waals surface area contributed by atoms with E-state index in [1.807, 2.05) is 82.4 Å². The van der Waals surface area contributed by atoms with Gasteiger partial charge in [-0.25, -0.2) is 4.79 Å². The number of benzene rings is 3. The summed E-state index contributed by atoms with van der Waals surface area (Å²) in [6.07, 6.45) is 2.48. The SMILES string of the molecule is Cn1ncc(NC(=O)C2CCN(C(=O)OC(C)(C)C)CC2)c1NC(c1ccccc1)(c1ccccc1)c1ccccc1. The molecule has 0 spiro atoms. The lowest BCUT2D eigenvalue weighted by atomic mass is 9.77. The fourth-order valence-electron chi connectivity index (χ4n) is 5.52. The fourth-order valence-corrected chi connectivity index (χ4v) is 5.52. The third kappa shape index (κ3) is 6.17. The number of rotatable bonds is 7. The van der Waals surface area contributed by atoms with Crippen molar-refractivity contribution in [1.82, 2.24) is 14.7 Å². The molecule has 2 heterocycles. The minimum atomic E-state index is -0.768. The van der Waals surface area contributed by atoms with E-state index in [4.69, 9.17) is 4.74 Å². The molecule has 8 nitrogen and oxygen atoms in total. The number of amides is 2. The molecular weight excluding hydrogens is 526 g/mol. The van der Waals surface area contributed by atoms with Crippen molar-refractivity contribution in [2.45, 2.75) is 44.8 Å². The van der Waals surface area contributed by atoms with Crippen molar-refractivity contribution < 1.29 is 14.3 Å². The molecule has 3 aromatic carbocycles. The van der Waals surface area contributed by atoms with E-state index in [0.29, 0.717) is 37.4 Å². The standard InChI is InChI=1S/C34H39N5O3/c1-33(2,3)42-32(41)39-22-20-25(21-23-39)31(40)36-29-24-35-38(4)30(29)37-34(26-14-8-5-9-15-26,27-16-10-6-11-17-27)28-18-12-7-13-19-28/h5-19,24-25,37H,20-23H2,1-4H3,(H,36,40). The van der Waals surface area contributed by atoms with Crippen molar-refractivity contribution in [2.24, 2.45) is 13.0 Å². The highest BCUT2D eigenvalue weighted by atomic mass is 16.6. The number of carbonyl (C=O) groups excluding carboxylic acids is 2. The number of hydrogen-bond donors (Lipinski definition) is 2. The number of anilines is 2. The molecule has 0 radical (unpaired) electrons. The Morgan fingerprint density at radius 1 is 0.810 bits per heavy atom. The molecule has 2 amide bonds. The largest absolute Gasteiger partial charge is 0.444 e. The maximum atomic E-state index is 13.5. The molecule has 0 unspecified atom stereocenters. The summed E-state index contributed by atoms with van der Waals surface area (Å²) in [4.78, 5) is 27.7. The highest BCUT2D eigenvalue weighted by Crippen LogP contribution is 2.41. The van der Waals surface area contributed by atoms with Crippen LogP contribution in [-0.4, -0.2) is 45.4 Å². The second-order valence-corrected chi connectivity index (χ2v) is 11.7. The first-order valence-corrected chi connectivity index (χ1v) is 14.4. The van der Waals surface area contributed by atoms with E-state index in [0.717, 1.165) is 16.7 Å². The van der Waals surface area contributed by atoms with Gasteiger partial charge in [-0.15, -0.1) is 0 Å². The average molecular weight is 566 g/mol. The Hall–Kier alpha value is -4.59. The third-order valence-electron chi connectivity index (χ3n) is 7.64. The summed E-state index contributed by atoms with van der Waals surface area (Å²) in [6, 6.07) is 30.9. The summed E-state index contributed by atoms with van der Waals surface area (Å²) < 4.78 is 7.26. The van der Waals surface area contributed by atoms with Crippen LogP contribution >= 0.6 is 0 Å². The molecule has 0 atom stereocenters. The summed E-state index contributed by atoms with van der Waals surface area (Å²) >= 11 is 0. The van der Waals surface area contributed by atoms with E-state index in [1.54, 1.807) is 15.8 Å². The first-order valence-electron chi connectivity index (χ1n) is 14.4. The molecule has 1 aromatic heterocycles. The minimum absolute atomic E-state index is 0.0837. The lowest BCUT2D eigenvalue weighted by Crippen LogP contribution is -2.43. The molecule has 1 aliphatic heterocycles. The molecule has 1 saturated heterocycles. The van der Waals surface area contributed by atoms with Crippen LogP contribution in [0.5, 0.6) is 0 Å².